The molecule has 0 aliphatic carbocycles. The minimum atomic E-state index is -0.467. The molecule has 0 aromatic heterocycles. The summed E-state index contributed by atoms with van der Waals surface area (Å²) in [5.74, 6) is -0.376. The molecule has 2 heterocycles. The van der Waals surface area contributed by atoms with E-state index in [1.165, 1.54) is 17.1 Å². The number of hydrogen-bond donors (Lipinski definition) is 0. The molecular formula is C15H21FN2O3. The molecule has 0 bridgehead atoms. The Kier molecular flexibility index (Phi) is 5.01. The quantitative estimate of drug-likeness (QED) is 0.747. The molecule has 0 unspecified atom stereocenters. The Bertz CT molecular complexity index is 481. The highest BCUT2D eigenvalue weighted by Crippen LogP contribution is 2.21. The lowest BCUT2D eigenvalue weighted by molar-refractivity contribution is 0.0526. The van der Waals surface area contributed by atoms with E-state index < -0.39 is 6.09 Å². The molecule has 1 atom stereocenters. The molecule has 0 aromatic carbocycles. The summed E-state index contributed by atoms with van der Waals surface area (Å²) in [5, 5.41) is 0. The van der Waals surface area contributed by atoms with Crippen LogP contribution in [-0.4, -0.2) is 54.8 Å². The van der Waals surface area contributed by atoms with Crippen molar-refractivity contribution in [2.75, 3.05) is 32.8 Å². The van der Waals surface area contributed by atoms with E-state index in [9.17, 15) is 9.18 Å². The van der Waals surface area contributed by atoms with Gasteiger partial charge in [-0.3, -0.25) is 4.90 Å². The number of rotatable bonds is 4. The van der Waals surface area contributed by atoms with E-state index in [0.717, 1.165) is 0 Å². The van der Waals surface area contributed by atoms with Crippen LogP contribution in [0.2, 0.25) is 0 Å². The molecule has 0 aromatic rings. The normalized spacial score (nSPS) is 24.8. The van der Waals surface area contributed by atoms with Crippen molar-refractivity contribution >= 4 is 6.09 Å². The van der Waals surface area contributed by atoms with Crippen LogP contribution in [0.3, 0.4) is 0 Å². The Labute approximate surface area is 124 Å². The number of carbonyl (C=O) groups is 1. The van der Waals surface area contributed by atoms with Crippen LogP contribution in [0.4, 0.5) is 9.18 Å². The highest BCUT2D eigenvalue weighted by atomic mass is 19.1. The number of allylic oxidation sites excluding steroid dienone is 4. The molecule has 6 heteroatoms. The number of carbonyl (C=O) groups excluding carboxylic acids is 1. The Balaban J connectivity index is 2.17. The first-order valence-electron chi connectivity index (χ1n) is 7.04. The van der Waals surface area contributed by atoms with E-state index in [1.54, 1.807) is 13.8 Å². The largest absolute Gasteiger partial charge is 0.444 e. The number of nitrogens with zero attached hydrogens (tertiary/aromatic N) is 2. The topological polar surface area (TPSA) is 42.0 Å². The van der Waals surface area contributed by atoms with Gasteiger partial charge in [-0.2, -0.15) is 0 Å². The number of amides is 1. The molecular weight excluding hydrogens is 275 g/mol. The minimum Gasteiger partial charge on any atom is -0.444 e. The summed E-state index contributed by atoms with van der Waals surface area (Å²) in [4.78, 5) is 15.0. The first-order chi connectivity index (χ1) is 10.0. The number of cyclic esters (lactones) is 1. The molecule has 21 heavy (non-hydrogen) atoms. The van der Waals surface area contributed by atoms with E-state index in [-0.39, 0.29) is 11.9 Å². The predicted molar refractivity (Wildman–Crippen MR) is 77.1 cm³/mol. The lowest BCUT2D eigenvalue weighted by Gasteiger charge is -2.29. The standard InChI is InChI=1S/C15H21FN2O3/c1-4-13(18-10-11(2)21-15(18)19)9-14(16)12(3)17-5-7-20-8-6-17/h4,9,11H,1,5-8,10H2,2-3H3/b13-9?,14-12-/t11-/m0/s1. The predicted octanol–water partition coefficient (Wildman–Crippen LogP) is 2.43. The number of hydrogen-bond acceptors (Lipinski definition) is 4. The third-order valence-corrected chi connectivity index (χ3v) is 3.59. The monoisotopic (exact) mass is 296 g/mol. The Morgan fingerprint density at radius 3 is 2.62 bits per heavy atom. The zero-order chi connectivity index (χ0) is 15.4. The minimum absolute atomic E-state index is 0.201. The van der Waals surface area contributed by atoms with Crippen molar-refractivity contribution in [3.05, 3.63) is 36.0 Å². The van der Waals surface area contributed by atoms with Crippen LogP contribution in [-0.2, 0) is 9.47 Å². The molecule has 5 nitrogen and oxygen atoms in total. The van der Waals surface area contributed by atoms with Gasteiger partial charge in [-0.15, -0.1) is 0 Å². The van der Waals surface area contributed by atoms with Gasteiger partial charge in [0, 0.05) is 24.5 Å². The summed E-state index contributed by atoms with van der Waals surface area (Å²) in [7, 11) is 0. The first kappa shape index (κ1) is 15.6. The summed E-state index contributed by atoms with van der Waals surface area (Å²) in [6, 6.07) is 0. The molecule has 2 aliphatic heterocycles. The van der Waals surface area contributed by atoms with E-state index in [1.807, 2.05) is 4.90 Å². The van der Waals surface area contributed by atoms with Crippen LogP contribution in [0.15, 0.2) is 36.0 Å². The SMILES string of the molecule is C=CC(=C/C(F)=C(\C)N1CCOCC1)N1C[C@H](C)OC1=O. The highest BCUT2D eigenvalue weighted by molar-refractivity contribution is 5.73. The van der Waals surface area contributed by atoms with Gasteiger partial charge in [-0.1, -0.05) is 6.58 Å². The van der Waals surface area contributed by atoms with Crippen molar-refractivity contribution in [3.63, 3.8) is 0 Å². The number of halogens is 1. The molecule has 0 spiro atoms. The summed E-state index contributed by atoms with van der Waals surface area (Å²) in [6.07, 6.45) is 2.13. The van der Waals surface area contributed by atoms with Crippen molar-refractivity contribution in [2.24, 2.45) is 0 Å². The van der Waals surface area contributed by atoms with Crippen LogP contribution in [0.1, 0.15) is 13.8 Å². The van der Waals surface area contributed by atoms with Crippen molar-refractivity contribution in [1.29, 1.82) is 0 Å². The molecule has 0 saturated carbocycles. The van der Waals surface area contributed by atoms with Gasteiger partial charge in [-0.05, 0) is 26.0 Å². The van der Waals surface area contributed by atoms with E-state index in [0.29, 0.717) is 44.2 Å². The van der Waals surface area contributed by atoms with Gasteiger partial charge in [0.25, 0.3) is 0 Å². The fourth-order valence-corrected chi connectivity index (χ4v) is 2.35. The van der Waals surface area contributed by atoms with E-state index in [4.69, 9.17) is 9.47 Å². The second-order valence-electron chi connectivity index (χ2n) is 5.11. The molecule has 2 fully saturated rings. The molecule has 116 valence electrons. The average Bonchev–Trinajstić information content (AvgIpc) is 2.83. The summed E-state index contributed by atoms with van der Waals surface area (Å²) in [5.41, 5.74) is 0.952. The van der Waals surface area contributed by atoms with Gasteiger partial charge < -0.3 is 14.4 Å². The average molecular weight is 296 g/mol. The Morgan fingerprint density at radius 2 is 2.10 bits per heavy atom. The first-order valence-corrected chi connectivity index (χ1v) is 7.04. The van der Waals surface area contributed by atoms with E-state index in [2.05, 4.69) is 6.58 Å². The van der Waals surface area contributed by atoms with Crippen molar-refractivity contribution in [2.45, 2.75) is 20.0 Å². The van der Waals surface area contributed by atoms with Gasteiger partial charge in [-0.25, -0.2) is 9.18 Å². The van der Waals surface area contributed by atoms with Crippen molar-refractivity contribution < 1.29 is 18.7 Å². The summed E-state index contributed by atoms with van der Waals surface area (Å²) in [6.45, 7) is 10.1. The highest BCUT2D eigenvalue weighted by Gasteiger charge is 2.30. The molecule has 2 rings (SSSR count). The van der Waals surface area contributed by atoms with Crippen molar-refractivity contribution in [3.8, 4) is 0 Å². The maximum absolute atomic E-state index is 14.4. The van der Waals surface area contributed by atoms with Gasteiger partial charge in [0.2, 0.25) is 0 Å². The third-order valence-electron chi connectivity index (χ3n) is 3.59. The maximum Gasteiger partial charge on any atom is 0.414 e. The molecule has 2 aliphatic rings. The number of ether oxygens (including phenoxy) is 2. The third kappa shape index (κ3) is 3.64. The maximum atomic E-state index is 14.4. The van der Waals surface area contributed by atoms with Gasteiger partial charge in [0.15, 0.2) is 0 Å². The van der Waals surface area contributed by atoms with Crippen LogP contribution < -0.4 is 0 Å². The second kappa shape index (κ2) is 6.76. The van der Waals surface area contributed by atoms with E-state index >= 15 is 0 Å². The lowest BCUT2D eigenvalue weighted by Crippen LogP contribution is -2.35. The molecule has 0 radical (unpaired) electrons. The fourth-order valence-electron chi connectivity index (χ4n) is 2.35. The smallest absolute Gasteiger partial charge is 0.414 e. The van der Waals surface area contributed by atoms with Gasteiger partial charge in [0.05, 0.1) is 19.8 Å². The van der Waals surface area contributed by atoms with Crippen LogP contribution >= 0.6 is 0 Å². The molecule has 1 amide bonds. The van der Waals surface area contributed by atoms with Crippen molar-refractivity contribution in [1.82, 2.24) is 9.80 Å². The Hall–Kier alpha value is -1.82. The Morgan fingerprint density at radius 1 is 1.43 bits per heavy atom. The molecule has 0 N–H and O–H groups in total. The van der Waals surface area contributed by atoms with Crippen LogP contribution in [0.25, 0.3) is 0 Å². The van der Waals surface area contributed by atoms with Crippen LogP contribution in [0, 0.1) is 0 Å². The second-order valence-corrected chi connectivity index (χ2v) is 5.11. The number of morpholine rings is 1. The van der Waals surface area contributed by atoms with Gasteiger partial charge in [0.1, 0.15) is 11.9 Å². The summed E-state index contributed by atoms with van der Waals surface area (Å²) >= 11 is 0. The van der Waals surface area contributed by atoms with Crippen LogP contribution in [0.5, 0.6) is 0 Å². The lowest BCUT2D eigenvalue weighted by atomic mass is 10.2. The fraction of sp³-hybridized carbons (Fsp3) is 0.533. The zero-order valence-electron chi connectivity index (χ0n) is 12.5. The molecule has 2 saturated heterocycles. The zero-order valence-corrected chi connectivity index (χ0v) is 12.5. The summed E-state index contributed by atoms with van der Waals surface area (Å²) < 4.78 is 24.7. The van der Waals surface area contributed by atoms with Gasteiger partial charge >= 0.3 is 6.09 Å².